The van der Waals surface area contributed by atoms with Crippen LogP contribution in [0.5, 0.6) is 11.6 Å². The fraction of sp³-hybridized carbons (Fsp3) is 0.567. The lowest BCUT2D eigenvalue weighted by Crippen LogP contribution is -2.57. The molecule has 1 aromatic carbocycles. The Morgan fingerprint density at radius 2 is 1.88 bits per heavy atom. The van der Waals surface area contributed by atoms with E-state index in [0.29, 0.717) is 29.3 Å². The SMILES string of the molecule is COC(=O)[C@@H]1C[C@@H]2CN1C(=O)C(C(C)(C)C)NC(=O)O[C@@H]1C[C@H]1CC=CCCc1nc3ccc(OC)cc3nc1O2. The van der Waals surface area contributed by atoms with Gasteiger partial charge in [0.2, 0.25) is 11.8 Å². The van der Waals surface area contributed by atoms with Crippen LogP contribution in [0.2, 0.25) is 0 Å². The van der Waals surface area contributed by atoms with E-state index in [9.17, 15) is 14.4 Å². The van der Waals surface area contributed by atoms with E-state index in [0.717, 1.165) is 24.8 Å². The van der Waals surface area contributed by atoms with Gasteiger partial charge >= 0.3 is 12.1 Å². The van der Waals surface area contributed by atoms with Crippen LogP contribution in [0.3, 0.4) is 0 Å². The van der Waals surface area contributed by atoms with Gasteiger partial charge in [0.1, 0.15) is 35.7 Å². The predicted molar refractivity (Wildman–Crippen MR) is 149 cm³/mol. The average molecular weight is 567 g/mol. The summed E-state index contributed by atoms with van der Waals surface area (Å²) >= 11 is 0. The summed E-state index contributed by atoms with van der Waals surface area (Å²) in [4.78, 5) is 50.7. The molecular weight excluding hydrogens is 528 g/mol. The zero-order chi connectivity index (χ0) is 29.3. The molecule has 11 heteroatoms. The summed E-state index contributed by atoms with van der Waals surface area (Å²) in [7, 11) is 2.88. The summed E-state index contributed by atoms with van der Waals surface area (Å²) in [5.74, 6) is 0.306. The van der Waals surface area contributed by atoms with E-state index in [4.69, 9.17) is 28.9 Å². The first-order valence-corrected chi connectivity index (χ1v) is 14.1. The topological polar surface area (TPSA) is 129 Å². The van der Waals surface area contributed by atoms with Crippen molar-refractivity contribution in [3.8, 4) is 11.6 Å². The Kier molecular flexibility index (Phi) is 8.06. The van der Waals surface area contributed by atoms with Crippen molar-refractivity contribution < 1.29 is 33.3 Å². The number of nitrogens with zero attached hydrogens (tertiary/aromatic N) is 3. The highest BCUT2D eigenvalue weighted by Gasteiger charge is 2.47. The zero-order valence-corrected chi connectivity index (χ0v) is 24.2. The van der Waals surface area contributed by atoms with Crippen molar-refractivity contribution in [2.75, 3.05) is 20.8 Å². The second kappa shape index (κ2) is 11.5. The third kappa shape index (κ3) is 6.39. The van der Waals surface area contributed by atoms with Gasteiger partial charge in [-0.3, -0.25) is 4.79 Å². The minimum absolute atomic E-state index is 0.115. The number of carbonyl (C=O) groups is 3. The third-order valence-electron chi connectivity index (χ3n) is 7.85. The van der Waals surface area contributed by atoms with E-state index in [2.05, 4.69) is 17.5 Å². The predicted octanol–water partition coefficient (Wildman–Crippen LogP) is 3.58. The van der Waals surface area contributed by atoms with Crippen LogP contribution in [0, 0.1) is 11.3 Å². The number of benzene rings is 1. The molecule has 0 spiro atoms. The molecule has 2 bridgehead atoms. The van der Waals surface area contributed by atoms with Gasteiger partial charge in [0.15, 0.2) is 0 Å². The number of nitrogens with one attached hydrogen (secondary N) is 1. The van der Waals surface area contributed by atoms with E-state index in [-0.39, 0.29) is 25.0 Å². The highest BCUT2D eigenvalue weighted by Crippen LogP contribution is 2.37. The van der Waals surface area contributed by atoms with E-state index < -0.39 is 41.6 Å². The molecule has 5 atom stereocenters. The van der Waals surface area contributed by atoms with E-state index in [1.54, 1.807) is 13.2 Å². The van der Waals surface area contributed by atoms with Gasteiger partial charge in [0.05, 0.1) is 31.8 Å². The maximum absolute atomic E-state index is 13.9. The van der Waals surface area contributed by atoms with Crippen LogP contribution in [0.15, 0.2) is 30.4 Å². The molecule has 41 heavy (non-hydrogen) atoms. The molecule has 2 aliphatic heterocycles. The molecule has 2 aromatic rings. The van der Waals surface area contributed by atoms with Gasteiger partial charge in [-0.15, -0.1) is 0 Å². The number of hydrogen-bond acceptors (Lipinski definition) is 9. The van der Waals surface area contributed by atoms with Crippen molar-refractivity contribution in [1.29, 1.82) is 0 Å². The second-order valence-electron chi connectivity index (χ2n) is 12.0. The summed E-state index contributed by atoms with van der Waals surface area (Å²) in [5.41, 5.74) is 1.38. The van der Waals surface area contributed by atoms with Crippen LogP contribution in [0.4, 0.5) is 4.79 Å². The molecule has 1 saturated heterocycles. The number of allylic oxidation sites excluding steroid dienone is 2. The van der Waals surface area contributed by atoms with Crippen molar-refractivity contribution in [2.45, 2.75) is 77.2 Å². The standard InChI is InChI=1S/C30H38N4O7/c1-30(2,3)25-27(35)34-16-19(15-23(34)28(36)39-5)40-26-21(31-20-12-11-18(38-4)14-22(20)32-26)10-8-6-7-9-17-13-24(17)41-29(37)33-25/h6-7,11-12,14,17,19,23-25H,8-10,13,15-16H2,1-5H3,(H,33,37)/t17-,19-,23+,24-,25?/m1/s1. The molecule has 0 radical (unpaired) electrons. The number of aryl methyl sites for hydroxylation is 1. The molecule has 1 aliphatic carbocycles. The maximum atomic E-state index is 13.9. The number of aromatic nitrogens is 2. The van der Waals surface area contributed by atoms with Gasteiger partial charge in [0, 0.05) is 18.4 Å². The van der Waals surface area contributed by atoms with Crippen LogP contribution in [0.1, 0.15) is 52.1 Å². The largest absolute Gasteiger partial charge is 0.497 e. The van der Waals surface area contributed by atoms with Crippen LogP contribution in [-0.2, 0) is 25.5 Å². The smallest absolute Gasteiger partial charge is 0.408 e. The van der Waals surface area contributed by atoms with Crippen LogP contribution in [0.25, 0.3) is 11.0 Å². The van der Waals surface area contributed by atoms with Gasteiger partial charge in [-0.25, -0.2) is 19.6 Å². The lowest BCUT2D eigenvalue weighted by molar-refractivity contribution is -0.152. The monoisotopic (exact) mass is 566 g/mol. The number of rotatable bonds is 2. The van der Waals surface area contributed by atoms with Crippen molar-refractivity contribution >= 4 is 29.0 Å². The molecule has 1 aromatic heterocycles. The van der Waals surface area contributed by atoms with Crippen LogP contribution >= 0.6 is 0 Å². The summed E-state index contributed by atoms with van der Waals surface area (Å²) in [6.07, 6.45) is 5.93. The number of alkyl carbamates (subject to hydrolysis) is 1. The fourth-order valence-corrected chi connectivity index (χ4v) is 5.41. The minimum Gasteiger partial charge on any atom is -0.497 e. The fourth-order valence-electron chi connectivity index (χ4n) is 5.41. The van der Waals surface area contributed by atoms with Gasteiger partial charge in [-0.1, -0.05) is 32.9 Å². The Morgan fingerprint density at radius 3 is 2.61 bits per heavy atom. The third-order valence-corrected chi connectivity index (χ3v) is 7.85. The summed E-state index contributed by atoms with van der Waals surface area (Å²) in [6, 6.07) is 3.69. The first-order valence-electron chi connectivity index (χ1n) is 14.1. The Hall–Kier alpha value is -3.89. The number of carbonyl (C=O) groups excluding carboxylic acids is 3. The molecule has 5 rings (SSSR count). The van der Waals surface area contributed by atoms with Gasteiger partial charge in [-0.05, 0) is 43.2 Å². The van der Waals surface area contributed by atoms with E-state index >= 15 is 0 Å². The molecule has 1 N–H and O–H groups in total. The van der Waals surface area contributed by atoms with Gasteiger partial charge < -0.3 is 29.2 Å². The van der Waals surface area contributed by atoms with Crippen molar-refractivity contribution in [3.05, 3.63) is 36.0 Å². The molecule has 11 nitrogen and oxygen atoms in total. The summed E-state index contributed by atoms with van der Waals surface area (Å²) < 4.78 is 22.4. The number of ether oxygens (including phenoxy) is 4. The van der Waals surface area contributed by atoms with Gasteiger partial charge in [-0.2, -0.15) is 0 Å². The Bertz CT molecular complexity index is 1350. The maximum Gasteiger partial charge on any atom is 0.408 e. The Labute approximate surface area is 239 Å². The summed E-state index contributed by atoms with van der Waals surface area (Å²) in [6.45, 7) is 5.68. The molecule has 2 fully saturated rings. The second-order valence-corrected chi connectivity index (χ2v) is 12.0. The molecule has 2 amide bonds. The molecule has 1 unspecified atom stereocenters. The summed E-state index contributed by atoms with van der Waals surface area (Å²) in [5, 5.41) is 2.78. The number of esters is 1. The number of methoxy groups -OCH3 is 2. The highest BCUT2D eigenvalue weighted by molar-refractivity contribution is 5.91. The van der Waals surface area contributed by atoms with Crippen LogP contribution < -0.4 is 14.8 Å². The number of fused-ring (bicyclic) bond motifs is 5. The Balaban J connectivity index is 1.51. The first kappa shape index (κ1) is 28.6. The lowest BCUT2D eigenvalue weighted by atomic mass is 9.85. The highest BCUT2D eigenvalue weighted by atomic mass is 16.6. The quantitative estimate of drug-likeness (QED) is 0.428. The van der Waals surface area contributed by atoms with E-state index in [1.165, 1.54) is 12.0 Å². The number of amides is 2. The molecule has 1 saturated carbocycles. The average Bonchev–Trinajstić information content (AvgIpc) is 3.53. The normalized spacial score (nSPS) is 27.0. The minimum atomic E-state index is -0.930. The molecule has 220 valence electrons. The number of hydrogen-bond donors (Lipinski definition) is 1. The van der Waals surface area contributed by atoms with Crippen LogP contribution in [-0.4, -0.2) is 77.9 Å². The van der Waals surface area contributed by atoms with Gasteiger partial charge in [0.25, 0.3) is 0 Å². The van der Waals surface area contributed by atoms with E-state index in [1.807, 2.05) is 32.9 Å². The Morgan fingerprint density at radius 1 is 1.07 bits per heavy atom. The zero-order valence-electron chi connectivity index (χ0n) is 24.2. The van der Waals surface area contributed by atoms with Crippen molar-refractivity contribution in [3.63, 3.8) is 0 Å². The molecule has 3 heterocycles. The molecular formula is C30H38N4O7. The van der Waals surface area contributed by atoms with Crippen molar-refractivity contribution in [1.82, 2.24) is 20.2 Å². The first-order chi connectivity index (χ1) is 19.6. The lowest BCUT2D eigenvalue weighted by Gasteiger charge is -2.34. The molecule has 3 aliphatic rings. The van der Waals surface area contributed by atoms with Crippen molar-refractivity contribution in [2.24, 2.45) is 11.3 Å².